The summed E-state index contributed by atoms with van der Waals surface area (Å²) in [5.41, 5.74) is 0. The zero-order chi connectivity index (χ0) is 54.3. The third kappa shape index (κ3) is 60.8. The molecule has 6 heteroatoms. The minimum absolute atomic E-state index is 0.0897. The van der Waals surface area contributed by atoms with Crippen LogP contribution in [0.15, 0.2) is 109 Å². The van der Waals surface area contributed by atoms with Crippen LogP contribution in [0, 0.1) is 0 Å². The Morgan fingerprint density at radius 2 is 0.520 bits per heavy atom. The van der Waals surface area contributed by atoms with E-state index in [-0.39, 0.29) is 31.1 Å². The first-order valence-electron chi connectivity index (χ1n) is 31.4. The van der Waals surface area contributed by atoms with Gasteiger partial charge in [0.25, 0.3) is 0 Å². The Hall–Kier alpha value is -3.93. The van der Waals surface area contributed by atoms with Gasteiger partial charge in [-0.2, -0.15) is 0 Å². The van der Waals surface area contributed by atoms with Gasteiger partial charge >= 0.3 is 17.9 Å². The van der Waals surface area contributed by atoms with Crippen molar-refractivity contribution in [2.75, 3.05) is 13.2 Å². The molecule has 0 fully saturated rings. The molecule has 0 aromatic rings. The standard InChI is InChI=1S/C69H116O6/c1-4-7-10-13-16-19-22-25-28-30-31-32-33-34-35-36-37-39-41-44-47-50-53-56-59-62-68(71)74-65-66(64-73-67(70)61-58-55-52-49-46-43-40-27-24-21-18-15-12-9-6-3)75-69(72)63-60-57-54-51-48-45-42-38-29-26-23-20-17-14-11-8-5-2/h7,10,16-21,25-29,31-32,34-35,40,66H,4-6,8-9,11-15,22-24,30,33,36-39,41-65H2,1-3H3/b10-7-,19-16-,20-17-,21-18-,28-25-,29-26-,32-31-,35-34-,40-27-. The molecule has 0 heterocycles. The van der Waals surface area contributed by atoms with E-state index in [4.69, 9.17) is 14.2 Å². The Labute approximate surface area is 463 Å². The summed E-state index contributed by atoms with van der Waals surface area (Å²) in [5, 5.41) is 0. The van der Waals surface area contributed by atoms with Gasteiger partial charge in [-0.25, -0.2) is 0 Å². The van der Waals surface area contributed by atoms with E-state index in [1.165, 1.54) is 116 Å². The molecule has 428 valence electrons. The summed E-state index contributed by atoms with van der Waals surface area (Å²) in [6.07, 6.45) is 85.1. The summed E-state index contributed by atoms with van der Waals surface area (Å²) >= 11 is 0. The quantitative estimate of drug-likeness (QED) is 0.0261. The second kappa shape index (κ2) is 62.6. The fourth-order valence-electron chi connectivity index (χ4n) is 8.53. The fourth-order valence-corrected chi connectivity index (χ4v) is 8.53. The van der Waals surface area contributed by atoms with E-state index in [0.29, 0.717) is 19.3 Å². The molecule has 0 saturated heterocycles. The Bertz CT molecular complexity index is 1520. The van der Waals surface area contributed by atoms with Gasteiger partial charge in [0.2, 0.25) is 0 Å². The maximum absolute atomic E-state index is 12.9. The van der Waals surface area contributed by atoms with Gasteiger partial charge in [-0.15, -0.1) is 0 Å². The summed E-state index contributed by atoms with van der Waals surface area (Å²) in [4.78, 5) is 38.3. The van der Waals surface area contributed by atoms with Gasteiger partial charge in [-0.1, -0.05) is 252 Å². The maximum Gasteiger partial charge on any atom is 0.306 e. The van der Waals surface area contributed by atoms with Crippen LogP contribution in [0.4, 0.5) is 0 Å². The molecular formula is C69H116O6. The summed E-state index contributed by atoms with van der Waals surface area (Å²) in [7, 11) is 0. The summed E-state index contributed by atoms with van der Waals surface area (Å²) < 4.78 is 16.9. The first kappa shape index (κ1) is 71.1. The van der Waals surface area contributed by atoms with Crippen molar-refractivity contribution in [2.45, 2.75) is 297 Å². The second-order valence-electron chi connectivity index (χ2n) is 20.6. The second-order valence-corrected chi connectivity index (χ2v) is 20.6. The van der Waals surface area contributed by atoms with Crippen molar-refractivity contribution in [3.8, 4) is 0 Å². The lowest BCUT2D eigenvalue weighted by atomic mass is 10.1. The van der Waals surface area contributed by atoms with Crippen LogP contribution in [0.2, 0.25) is 0 Å². The minimum Gasteiger partial charge on any atom is -0.462 e. The Balaban J connectivity index is 4.38. The van der Waals surface area contributed by atoms with Gasteiger partial charge in [-0.05, 0) is 128 Å². The largest absolute Gasteiger partial charge is 0.462 e. The van der Waals surface area contributed by atoms with Gasteiger partial charge in [0.05, 0.1) is 0 Å². The SMILES string of the molecule is CC/C=C\C/C=C\C/C=C\C/C=C\C/C=C\CCCCCCCCCCCC(=O)OCC(COC(=O)CCCCCCC/C=C\C/C=C\CCCCC)OC(=O)CCCCCCCCC/C=C\C/C=C\CCCCC. The third-order valence-electron chi connectivity index (χ3n) is 13.2. The molecule has 0 aromatic carbocycles. The molecule has 1 atom stereocenters. The van der Waals surface area contributed by atoms with Crippen molar-refractivity contribution < 1.29 is 28.6 Å². The van der Waals surface area contributed by atoms with Gasteiger partial charge in [-0.3, -0.25) is 14.4 Å². The summed E-state index contributed by atoms with van der Waals surface area (Å²) in [6, 6.07) is 0. The van der Waals surface area contributed by atoms with Gasteiger partial charge in [0, 0.05) is 19.3 Å². The van der Waals surface area contributed by atoms with Crippen LogP contribution >= 0.6 is 0 Å². The molecule has 0 aliphatic carbocycles. The fraction of sp³-hybridized carbons (Fsp3) is 0.696. The summed E-state index contributed by atoms with van der Waals surface area (Å²) in [5.74, 6) is -0.911. The van der Waals surface area contributed by atoms with E-state index in [1.54, 1.807) is 0 Å². The van der Waals surface area contributed by atoms with Crippen LogP contribution in [-0.2, 0) is 28.6 Å². The number of unbranched alkanes of at least 4 members (excludes halogenated alkanes) is 27. The van der Waals surface area contributed by atoms with E-state index in [1.807, 2.05) is 0 Å². The molecule has 75 heavy (non-hydrogen) atoms. The molecule has 0 amide bonds. The van der Waals surface area contributed by atoms with Crippen LogP contribution in [0.25, 0.3) is 0 Å². The Morgan fingerprint density at radius 1 is 0.280 bits per heavy atom. The molecular weight excluding hydrogens is 925 g/mol. The van der Waals surface area contributed by atoms with E-state index in [9.17, 15) is 14.4 Å². The minimum atomic E-state index is -0.794. The lowest BCUT2D eigenvalue weighted by molar-refractivity contribution is -0.167. The van der Waals surface area contributed by atoms with Crippen LogP contribution in [0.5, 0.6) is 0 Å². The van der Waals surface area contributed by atoms with Crippen molar-refractivity contribution in [1.82, 2.24) is 0 Å². The highest BCUT2D eigenvalue weighted by molar-refractivity contribution is 5.71. The molecule has 0 aromatic heterocycles. The highest BCUT2D eigenvalue weighted by atomic mass is 16.6. The first-order valence-corrected chi connectivity index (χ1v) is 31.4. The Morgan fingerprint density at radius 3 is 0.813 bits per heavy atom. The lowest BCUT2D eigenvalue weighted by Gasteiger charge is -2.18. The average Bonchev–Trinajstić information content (AvgIpc) is 3.41. The third-order valence-corrected chi connectivity index (χ3v) is 13.2. The molecule has 0 aliphatic heterocycles. The van der Waals surface area contributed by atoms with Gasteiger partial charge in [0.15, 0.2) is 6.10 Å². The summed E-state index contributed by atoms with van der Waals surface area (Å²) in [6.45, 7) is 6.47. The maximum atomic E-state index is 12.9. The van der Waals surface area contributed by atoms with Crippen molar-refractivity contribution in [3.63, 3.8) is 0 Å². The molecule has 0 N–H and O–H groups in total. The smallest absolute Gasteiger partial charge is 0.306 e. The van der Waals surface area contributed by atoms with Crippen molar-refractivity contribution >= 4 is 17.9 Å². The van der Waals surface area contributed by atoms with E-state index in [0.717, 1.165) is 135 Å². The highest BCUT2D eigenvalue weighted by Crippen LogP contribution is 2.15. The van der Waals surface area contributed by atoms with Crippen molar-refractivity contribution in [2.24, 2.45) is 0 Å². The molecule has 0 radical (unpaired) electrons. The normalized spacial score (nSPS) is 12.8. The number of hydrogen-bond acceptors (Lipinski definition) is 6. The molecule has 0 rings (SSSR count). The van der Waals surface area contributed by atoms with Gasteiger partial charge < -0.3 is 14.2 Å². The molecule has 6 nitrogen and oxygen atoms in total. The van der Waals surface area contributed by atoms with E-state index in [2.05, 4.69) is 130 Å². The number of hydrogen-bond donors (Lipinski definition) is 0. The van der Waals surface area contributed by atoms with Gasteiger partial charge in [0.1, 0.15) is 13.2 Å². The molecule has 0 aliphatic rings. The van der Waals surface area contributed by atoms with E-state index < -0.39 is 6.10 Å². The first-order chi connectivity index (χ1) is 37.0. The number of carbonyl (C=O) groups excluding carboxylic acids is 3. The van der Waals surface area contributed by atoms with Crippen molar-refractivity contribution in [3.05, 3.63) is 109 Å². The van der Waals surface area contributed by atoms with Crippen LogP contribution < -0.4 is 0 Å². The average molecular weight is 1040 g/mol. The lowest BCUT2D eigenvalue weighted by Crippen LogP contribution is -2.30. The zero-order valence-electron chi connectivity index (χ0n) is 49.0. The van der Waals surface area contributed by atoms with E-state index >= 15 is 0 Å². The molecule has 0 bridgehead atoms. The van der Waals surface area contributed by atoms with Crippen LogP contribution in [-0.4, -0.2) is 37.2 Å². The predicted molar refractivity (Wildman–Crippen MR) is 325 cm³/mol. The van der Waals surface area contributed by atoms with Crippen LogP contribution in [0.1, 0.15) is 290 Å². The Kier molecular flexibility index (Phi) is 59.3. The molecule has 0 spiro atoms. The topological polar surface area (TPSA) is 78.9 Å². The number of ether oxygens (including phenoxy) is 3. The van der Waals surface area contributed by atoms with Crippen molar-refractivity contribution in [1.29, 1.82) is 0 Å². The predicted octanol–water partition coefficient (Wildman–Crippen LogP) is 21.4. The monoisotopic (exact) mass is 1040 g/mol. The number of carbonyl (C=O) groups is 3. The van der Waals surface area contributed by atoms with Crippen LogP contribution in [0.3, 0.4) is 0 Å². The number of esters is 3. The number of allylic oxidation sites excluding steroid dienone is 18. The zero-order valence-corrected chi connectivity index (χ0v) is 49.0. The molecule has 0 saturated carbocycles. The highest BCUT2D eigenvalue weighted by Gasteiger charge is 2.19. The molecule has 1 unspecified atom stereocenters. The number of rotatable bonds is 56.